The Morgan fingerprint density at radius 3 is 2.61 bits per heavy atom. The van der Waals surface area contributed by atoms with Crippen molar-refractivity contribution in [1.29, 1.82) is 0 Å². The highest BCUT2D eigenvalue weighted by Gasteiger charge is 2.54. The van der Waals surface area contributed by atoms with Crippen LogP contribution in [0.3, 0.4) is 0 Å². The van der Waals surface area contributed by atoms with E-state index in [1.807, 2.05) is 60.8 Å². The van der Waals surface area contributed by atoms with Gasteiger partial charge in [-0.2, -0.15) is 0 Å². The van der Waals surface area contributed by atoms with Crippen molar-refractivity contribution in [3.8, 4) is 11.3 Å². The monoisotopic (exact) mass is 388 g/mol. The summed E-state index contributed by atoms with van der Waals surface area (Å²) in [5, 5.41) is 5.59. The van der Waals surface area contributed by atoms with Gasteiger partial charge in [0.1, 0.15) is 5.78 Å². The lowest BCUT2D eigenvalue weighted by molar-refractivity contribution is -0.134. The third-order valence-corrected chi connectivity index (χ3v) is 7.01. The third kappa shape index (κ3) is 2.61. The first-order valence-corrected chi connectivity index (χ1v) is 10.4. The predicted octanol–water partition coefficient (Wildman–Crippen LogP) is 5.00. The van der Waals surface area contributed by atoms with Gasteiger partial charge in [0.25, 0.3) is 0 Å². The van der Waals surface area contributed by atoms with Gasteiger partial charge in [-0.1, -0.05) is 61.5 Å². The molecule has 5 heteroatoms. The van der Waals surface area contributed by atoms with Crippen LogP contribution in [0.1, 0.15) is 42.7 Å². The highest BCUT2D eigenvalue weighted by atomic mass is 32.1. The minimum absolute atomic E-state index is 0.0431. The second kappa shape index (κ2) is 6.38. The van der Waals surface area contributed by atoms with Gasteiger partial charge in [-0.3, -0.25) is 9.59 Å². The number of nitrogens with zero attached hydrogens (tertiary/aromatic N) is 1. The Bertz CT molecular complexity index is 1070. The van der Waals surface area contributed by atoms with E-state index < -0.39 is 5.41 Å². The SMILES string of the molecule is C[C@]1(C(=O)Nc2nc(-c3ccccc3)cs2)C[C@@H]2C(=O)CC1c1ccccc12. The summed E-state index contributed by atoms with van der Waals surface area (Å²) in [5.74, 6) is -0.0315. The van der Waals surface area contributed by atoms with Crippen LogP contribution in [0.4, 0.5) is 5.13 Å². The molecule has 0 radical (unpaired) electrons. The van der Waals surface area contributed by atoms with Gasteiger partial charge in [0.2, 0.25) is 5.91 Å². The van der Waals surface area contributed by atoms with Crippen LogP contribution in [0, 0.1) is 5.41 Å². The Labute approximate surface area is 167 Å². The Morgan fingerprint density at radius 2 is 1.82 bits per heavy atom. The zero-order valence-corrected chi connectivity index (χ0v) is 16.3. The number of aromatic nitrogens is 1. The maximum atomic E-state index is 13.3. The number of thiazole rings is 1. The minimum atomic E-state index is -0.606. The summed E-state index contributed by atoms with van der Waals surface area (Å²) in [6.45, 7) is 1.99. The lowest BCUT2D eigenvalue weighted by Crippen LogP contribution is -2.49. The number of carbonyl (C=O) groups is 2. The van der Waals surface area contributed by atoms with E-state index in [1.165, 1.54) is 11.3 Å². The number of fused-ring (bicyclic) bond motifs is 2. The van der Waals surface area contributed by atoms with Crippen LogP contribution in [0.25, 0.3) is 11.3 Å². The van der Waals surface area contributed by atoms with Crippen molar-refractivity contribution in [3.63, 3.8) is 0 Å². The zero-order chi connectivity index (χ0) is 19.3. The number of anilines is 1. The van der Waals surface area contributed by atoms with E-state index in [1.54, 1.807) is 0 Å². The molecule has 1 unspecified atom stereocenters. The summed E-state index contributed by atoms with van der Waals surface area (Å²) >= 11 is 1.43. The molecule has 1 aromatic heterocycles. The Balaban J connectivity index is 1.42. The number of carbonyl (C=O) groups excluding carboxylic acids is 2. The average Bonchev–Trinajstić information content (AvgIpc) is 3.18. The van der Waals surface area contributed by atoms with Gasteiger partial charge in [-0.15, -0.1) is 11.3 Å². The molecule has 0 saturated heterocycles. The number of hydrogen-bond donors (Lipinski definition) is 1. The summed E-state index contributed by atoms with van der Waals surface area (Å²) < 4.78 is 0. The molecule has 4 nitrogen and oxygen atoms in total. The van der Waals surface area contributed by atoms with E-state index >= 15 is 0 Å². The van der Waals surface area contributed by atoms with E-state index in [0.717, 1.165) is 22.4 Å². The van der Waals surface area contributed by atoms with Gasteiger partial charge in [-0.05, 0) is 17.5 Å². The summed E-state index contributed by atoms with van der Waals surface area (Å²) in [7, 11) is 0. The Hall–Kier alpha value is -2.79. The van der Waals surface area contributed by atoms with Crippen molar-refractivity contribution in [2.24, 2.45) is 5.41 Å². The van der Waals surface area contributed by atoms with Crippen LogP contribution in [-0.4, -0.2) is 16.7 Å². The van der Waals surface area contributed by atoms with Gasteiger partial charge >= 0.3 is 0 Å². The van der Waals surface area contributed by atoms with Crippen LogP contribution in [0.5, 0.6) is 0 Å². The first kappa shape index (κ1) is 17.3. The van der Waals surface area contributed by atoms with Crippen LogP contribution < -0.4 is 5.32 Å². The Morgan fingerprint density at radius 1 is 1.11 bits per heavy atom. The minimum Gasteiger partial charge on any atom is -0.301 e. The van der Waals surface area contributed by atoms with Crippen LogP contribution in [0.15, 0.2) is 60.0 Å². The number of nitrogens with one attached hydrogen (secondary N) is 1. The fraction of sp³-hybridized carbons (Fsp3) is 0.261. The molecule has 140 valence electrons. The first-order valence-electron chi connectivity index (χ1n) is 9.50. The number of amides is 1. The molecule has 3 atom stereocenters. The molecule has 3 aromatic rings. The average molecular weight is 388 g/mol. The summed E-state index contributed by atoms with van der Waals surface area (Å²) in [6.07, 6.45) is 1.01. The number of benzene rings is 2. The Kier molecular flexibility index (Phi) is 3.95. The largest absolute Gasteiger partial charge is 0.301 e. The first-order chi connectivity index (χ1) is 13.6. The van der Waals surface area contributed by atoms with Gasteiger partial charge < -0.3 is 5.32 Å². The molecule has 3 aliphatic carbocycles. The molecule has 2 bridgehead atoms. The number of ketones is 1. The van der Waals surface area contributed by atoms with E-state index in [2.05, 4.69) is 16.4 Å². The zero-order valence-electron chi connectivity index (χ0n) is 15.5. The standard InChI is InChI=1S/C23H20N2O2S/c1-23(12-17-15-9-5-6-10-16(15)18(23)11-20(17)26)21(27)25-22-24-19(13-28-22)14-7-3-2-4-8-14/h2-10,13,17-18H,11-12H2,1H3,(H,24,25,27)/t17-,18?,23-/m0/s1. The van der Waals surface area contributed by atoms with Crippen LogP contribution in [0.2, 0.25) is 0 Å². The van der Waals surface area contributed by atoms with Crippen molar-refractivity contribution in [3.05, 3.63) is 71.1 Å². The normalized spacial score (nSPS) is 25.4. The molecule has 3 aliphatic rings. The molecule has 1 saturated carbocycles. The van der Waals surface area contributed by atoms with E-state index in [9.17, 15) is 9.59 Å². The third-order valence-electron chi connectivity index (χ3n) is 6.25. The molecule has 0 spiro atoms. The highest BCUT2D eigenvalue weighted by Crippen LogP contribution is 2.57. The quantitative estimate of drug-likeness (QED) is 0.687. The molecule has 6 rings (SSSR count). The van der Waals surface area contributed by atoms with E-state index in [-0.39, 0.29) is 23.5 Å². The molecule has 1 heterocycles. The fourth-order valence-corrected chi connectivity index (χ4v) is 5.41. The molecular weight excluding hydrogens is 368 g/mol. The second-order valence-electron chi connectivity index (χ2n) is 7.88. The molecule has 0 aliphatic heterocycles. The number of Topliss-reactive ketones (excluding diaryl/α,β-unsaturated/α-hetero) is 1. The molecule has 2 aromatic carbocycles. The topological polar surface area (TPSA) is 59.1 Å². The van der Waals surface area contributed by atoms with Crippen molar-refractivity contribution >= 4 is 28.2 Å². The summed E-state index contributed by atoms with van der Waals surface area (Å²) in [4.78, 5) is 30.4. The van der Waals surface area contributed by atoms with E-state index in [4.69, 9.17) is 0 Å². The van der Waals surface area contributed by atoms with Gasteiger partial charge in [-0.25, -0.2) is 4.98 Å². The lowest BCUT2D eigenvalue weighted by atomic mass is 9.54. The summed E-state index contributed by atoms with van der Waals surface area (Å²) in [5.41, 5.74) is 3.54. The molecule has 1 N–H and O–H groups in total. The van der Waals surface area contributed by atoms with Crippen LogP contribution >= 0.6 is 11.3 Å². The smallest absolute Gasteiger partial charge is 0.232 e. The van der Waals surface area contributed by atoms with Crippen molar-refractivity contribution in [2.45, 2.75) is 31.6 Å². The lowest BCUT2D eigenvalue weighted by Gasteiger charge is -2.48. The molecular formula is C23H20N2O2S. The maximum Gasteiger partial charge on any atom is 0.232 e. The van der Waals surface area contributed by atoms with Gasteiger partial charge in [0.15, 0.2) is 5.13 Å². The maximum absolute atomic E-state index is 13.3. The van der Waals surface area contributed by atoms with Gasteiger partial charge in [0.05, 0.1) is 11.1 Å². The molecule has 1 fully saturated rings. The van der Waals surface area contributed by atoms with Crippen LogP contribution in [-0.2, 0) is 9.59 Å². The van der Waals surface area contributed by atoms with Crippen molar-refractivity contribution < 1.29 is 9.59 Å². The number of hydrogen-bond acceptors (Lipinski definition) is 4. The summed E-state index contributed by atoms with van der Waals surface area (Å²) in [6, 6.07) is 18.0. The fourth-order valence-electron chi connectivity index (χ4n) is 4.69. The van der Waals surface area contributed by atoms with Crippen molar-refractivity contribution in [2.75, 3.05) is 5.32 Å². The highest BCUT2D eigenvalue weighted by molar-refractivity contribution is 7.14. The van der Waals surface area contributed by atoms with E-state index in [0.29, 0.717) is 18.0 Å². The van der Waals surface area contributed by atoms with Crippen molar-refractivity contribution in [1.82, 2.24) is 4.98 Å². The second-order valence-corrected chi connectivity index (χ2v) is 8.74. The van der Waals surface area contributed by atoms with Gasteiger partial charge in [0, 0.05) is 29.2 Å². The number of rotatable bonds is 3. The molecule has 1 amide bonds. The molecule has 28 heavy (non-hydrogen) atoms. The predicted molar refractivity (Wildman–Crippen MR) is 110 cm³/mol.